The molecule has 2 nitrogen and oxygen atoms in total. The highest BCUT2D eigenvalue weighted by atomic mass is 19.4. The molecule has 0 aliphatic heterocycles. The van der Waals surface area contributed by atoms with E-state index in [0.717, 1.165) is 24.3 Å². The van der Waals surface area contributed by atoms with Crippen LogP contribution in [-0.2, 0) is 5.67 Å². The Morgan fingerprint density at radius 3 is 1.08 bits per heavy atom. The summed E-state index contributed by atoms with van der Waals surface area (Å²) in [5, 5.41) is 0. The largest absolute Gasteiger partial charge is 0.460 e. The number of hydrogen-bond acceptors (Lipinski definition) is 2. The van der Waals surface area contributed by atoms with E-state index in [1.165, 1.54) is 0 Å². The lowest BCUT2D eigenvalue weighted by atomic mass is 9.79. The smallest absolute Gasteiger partial charge is 0.399 e. The molecule has 0 aromatic heterocycles. The molecule has 0 amide bonds. The van der Waals surface area contributed by atoms with Gasteiger partial charge in [-0.2, -0.15) is 30.7 Å². The minimum atomic E-state index is -6.69. The van der Waals surface area contributed by atoms with E-state index in [2.05, 4.69) is 0 Å². The molecule has 0 atom stereocenters. The van der Waals surface area contributed by atoms with Gasteiger partial charge in [0.25, 0.3) is 0 Å². The third-order valence-corrected chi connectivity index (χ3v) is 3.80. The first-order valence-electron chi connectivity index (χ1n) is 6.98. The van der Waals surface area contributed by atoms with E-state index >= 15 is 4.39 Å². The Bertz CT molecular complexity index is 721. The lowest BCUT2D eigenvalue weighted by molar-refractivity contribution is -0.377. The molecule has 2 aromatic carbocycles. The zero-order valence-electron chi connectivity index (χ0n) is 12.8. The molecule has 0 radical (unpaired) electrons. The first-order valence-corrected chi connectivity index (χ1v) is 6.98. The van der Waals surface area contributed by atoms with Crippen LogP contribution in [0.15, 0.2) is 48.5 Å². The van der Waals surface area contributed by atoms with Crippen molar-refractivity contribution < 1.29 is 35.1 Å². The molecule has 0 spiro atoms. The maximum absolute atomic E-state index is 15.5. The molecule has 26 heavy (non-hydrogen) atoms. The molecule has 0 fully saturated rings. The average molecular weight is 384 g/mol. The van der Waals surface area contributed by atoms with Crippen LogP contribution in [0, 0.1) is 0 Å². The Balaban J connectivity index is 2.79. The van der Waals surface area contributed by atoms with Gasteiger partial charge in [0.15, 0.2) is 0 Å². The van der Waals surface area contributed by atoms with Crippen LogP contribution < -0.4 is 11.5 Å². The highest BCUT2D eigenvalue weighted by molar-refractivity contribution is 5.49. The zero-order chi connectivity index (χ0) is 20.0. The highest BCUT2D eigenvalue weighted by Crippen LogP contribution is 2.58. The first kappa shape index (κ1) is 19.8. The lowest BCUT2D eigenvalue weighted by Crippen LogP contribution is -2.61. The van der Waals surface area contributed by atoms with Gasteiger partial charge in [-0.15, -0.1) is 0 Å². The number of alkyl halides is 8. The second-order valence-corrected chi connectivity index (χ2v) is 5.55. The predicted molar refractivity (Wildman–Crippen MR) is 79.5 cm³/mol. The van der Waals surface area contributed by atoms with Crippen molar-refractivity contribution in [3.8, 4) is 0 Å². The second kappa shape index (κ2) is 6.03. The monoisotopic (exact) mass is 384 g/mol. The van der Waals surface area contributed by atoms with Gasteiger partial charge in [0.1, 0.15) is 0 Å². The number of halogens is 8. The number of hydrogen-bond donors (Lipinski definition) is 2. The van der Waals surface area contributed by atoms with E-state index in [1.54, 1.807) is 0 Å². The number of nitrogens with two attached hydrogens (primary N) is 2. The van der Waals surface area contributed by atoms with Gasteiger partial charge >= 0.3 is 18.0 Å². The van der Waals surface area contributed by atoms with Gasteiger partial charge in [-0.25, -0.2) is 4.39 Å². The molecule has 0 heterocycles. The molecule has 0 saturated carbocycles. The van der Waals surface area contributed by atoms with Crippen LogP contribution in [0.5, 0.6) is 0 Å². The van der Waals surface area contributed by atoms with Crippen molar-refractivity contribution in [3.63, 3.8) is 0 Å². The Morgan fingerprint density at radius 1 is 0.500 bits per heavy atom. The zero-order valence-corrected chi connectivity index (χ0v) is 12.8. The van der Waals surface area contributed by atoms with Gasteiger partial charge in [0.2, 0.25) is 5.67 Å². The van der Waals surface area contributed by atoms with Crippen molar-refractivity contribution in [2.45, 2.75) is 23.7 Å². The van der Waals surface area contributed by atoms with E-state index < -0.39 is 34.8 Å². The number of benzene rings is 2. The van der Waals surface area contributed by atoms with Crippen molar-refractivity contribution in [3.05, 3.63) is 59.7 Å². The van der Waals surface area contributed by atoms with E-state index in [-0.39, 0.29) is 11.4 Å². The van der Waals surface area contributed by atoms with Gasteiger partial charge in [-0.05, 0) is 24.3 Å². The second-order valence-electron chi connectivity index (χ2n) is 5.55. The summed E-state index contributed by atoms with van der Waals surface area (Å²) in [7, 11) is 0. The third kappa shape index (κ3) is 2.82. The summed E-state index contributed by atoms with van der Waals surface area (Å²) in [5.41, 5.74) is 3.87. The molecule has 0 saturated heterocycles. The quantitative estimate of drug-likeness (QED) is 0.582. The van der Waals surface area contributed by atoms with Gasteiger partial charge in [0, 0.05) is 22.5 Å². The molecule has 142 valence electrons. The minimum Gasteiger partial charge on any atom is -0.399 e. The van der Waals surface area contributed by atoms with Gasteiger partial charge < -0.3 is 11.5 Å². The molecule has 2 rings (SSSR count). The summed E-state index contributed by atoms with van der Waals surface area (Å²) in [6.07, 6.45) is -6.69. The Labute approximate surface area is 142 Å². The maximum atomic E-state index is 15.5. The summed E-state index contributed by atoms with van der Waals surface area (Å²) in [6, 6.07) is 6.09. The van der Waals surface area contributed by atoms with Crippen molar-refractivity contribution in [2.75, 3.05) is 11.5 Å². The van der Waals surface area contributed by atoms with Crippen LogP contribution in [-0.4, -0.2) is 18.0 Å². The van der Waals surface area contributed by atoms with Crippen LogP contribution in [0.3, 0.4) is 0 Å². The Morgan fingerprint density at radius 2 is 0.808 bits per heavy atom. The van der Waals surface area contributed by atoms with Crippen LogP contribution >= 0.6 is 0 Å². The number of nitrogen functional groups attached to an aromatic ring is 2. The fourth-order valence-corrected chi connectivity index (χ4v) is 2.35. The molecule has 2 aromatic rings. The lowest BCUT2D eigenvalue weighted by Gasteiger charge is -2.39. The van der Waals surface area contributed by atoms with Gasteiger partial charge in [-0.3, -0.25) is 0 Å². The molecule has 0 aliphatic carbocycles. The van der Waals surface area contributed by atoms with Crippen molar-refractivity contribution in [2.24, 2.45) is 0 Å². The summed E-state index contributed by atoms with van der Waals surface area (Å²) in [4.78, 5) is 0. The molecular weight excluding hydrogens is 372 g/mol. The number of rotatable bonds is 4. The van der Waals surface area contributed by atoms with Gasteiger partial charge in [-0.1, -0.05) is 24.3 Å². The standard InChI is InChI=1S/C16H12F8N2/c17-13(9-1-5-11(25)6-2-9,10-3-7-12(26)8-4-10)14(18,19)15(20,21)16(22,23)24/h1-8H,25-26H2. The fraction of sp³-hybridized carbons (Fsp3) is 0.250. The topological polar surface area (TPSA) is 52.0 Å². The summed E-state index contributed by atoms with van der Waals surface area (Å²) in [6.45, 7) is 0. The molecular formula is C16H12F8N2. The van der Waals surface area contributed by atoms with Crippen LogP contribution in [0.25, 0.3) is 0 Å². The highest BCUT2D eigenvalue weighted by Gasteiger charge is 2.81. The van der Waals surface area contributed by atoms with E-state index in [4.69, 9.17) is 11.5 Å². The maximum Gasteiger partial charge on any atom is 0.460 e. The van der Waals surface area contributed by atoms with E-state index in [0.29, 0.717) is 24.3 Å². The van der Waals surface area contributed by atoms with Crippen LogP contribution in [0.4, 0.5) is 46.5 Å². The Kier molecular flexibility index (Phi) is 4.59. The third-order valence-electron chi connectivity index (χ3n) is 3.80. The Hall–Kier alpha value is -2.52. The molecule has 0 unspecified atom stereocenters. The number of anilines is 2. The van der Waals surface area contributed by atoms with Gasteiger partial charge in [0.05, 0.1) is 0 Å². The molecule has 0 bridgehead atoms. The average Bonchev–Trinajstić information content (AvgIpc) is 2.54. The molecule has 10 heteroatoms. The van der Waals surface area contributed by atoms with Crippen molar-refractivity contribution in [1.29, 1.82) is 0 Å². The van der Waals surface area contributed by atoms with E-state index in [1.807, 2.05) is 0 Å². The van der Waals surface area contributed by atoms with Crippen LogP contribution in [0.1, 0.15) is 11.1 Å². The normalized spacial score (nSPS) is 13.7. The van der Waals surface area contributed by atoms with E-state index in [9.17, 15) is 30.7 Å². The van der Waals surface area contributed by atoms with Crippen LogP contribution in [0.2, 0.25) is 0 Å². The predicted octanol–water partition coefficient (Wildman–Crippen LogP) is 4.90. The summed E-state index contributed by atoms with van der Waals surface area (Å²) >= 11 is 0. The SMILES string of the molecule is Nc1ccc(C(F)(c2ccc(N)cc2)C(F)(F)C(F)(F)C(F)(F)F)cc1. The van der Waals surface area contributed by atoms with Crippen molar-refractivity contribution in [1.82, 2.24) is 0 Å². The minimum absolute atomic E-state index is 0.0284. The molecule has 0 aliphatic rings. The first-order chi connectivity index (χ1) is 11.7. The van der Waals surface area contributed by atoms with Crippen molar-refractivity contribution >= 4 is 11.4 Å². The summed E-state index contributed by atoms with van der Waals surface area (Å²) < 4.78 is 109. The molecule has 4 N–H and O–H groups in total. The fourth-order valence-electron chi connectivity index (χ4n) is 2.35. The summed E-state index contributed by atoms with van der Waals surface area (Å²) in [5.74, 6) is -12.8.